The van der Waals surface area contributed by atoms with Gasteiger partial charge in [-0.3, -0.25) is 0 Å². The number of aromatic hydroxyl groups is 2. The van der Waals surface area contributed by atoms with Gasteiger partial charge in [0.2, 0.25) is 0 Å². The van der Waals surface area contributed by atoms with Gasteiger partial charge in [-0.1, -0.05) is 13.8 Å². The van der Waals surface area contributed by atoms with Crippen molar-refractivity contribution in [2.75, 3.05) is 13.1 Å². The first-order chi connectivity index (χ1) is 12.3. The predicted octanol–water partition coefficient (Wildman–Crippen LogP) is -2.34. The molecule has 11 heteroatoms. The summed E-state index contributed by atoms with van der Waals surface area (Å²) in [5, 5.41) is 24.8. The zero-order valence-corrected chi connectivity index (χ0v) is 19.1. The predicted molar refractivity (Wildman–Crippen MR) is 88.9 cm³/mol. The molecule has 0 bridgehead atoms. The van der Waals surface area contributed by atoms with E-state index in [9.17, 15) is 27.8 Å². The van der Waals surface area contributed by atoms with Crippen LogP contribution >= 0.6 is 0 Å². The second-order valence-corrected chi connectivity index (χ2v) is 5.66. The quantitative estimate of drug-likeness (QED) is 0.257. The summed E-state index contributed by atoms with van der Waals surface area (Å²) in [4.78, 5) is 0. The molecule has 0 radical (unpaired) electrons. The van der Waals surface area contributed by atoms with Gasteiger partial charge in [-0.25, -0.2) is 17.6 Å². The normalized spacial score (nSPS) is 12.2. The zero-order chi connectivity index (χ0) is 19.4. The van der Waals surface area contributed by atoms with E-state index in [1.165, 1.54) is 0 Å². The minimum atomic E-state index is -1.25. The Morgan fingerprint density at radius 2 is 1.03 bits per heavy atom. The Morgan fingerprint density at radius 1 is 0.724 bits per heavy atom. The molecule has 166 valence electrons. The molecule has 0 aliphatic heterocycles. The van der Waals surface area contributed by atoms with Gasteiger partial charge in [0, 0.05) is 11.1 Å². The van der Waals surface area contributed by atoms with Gasteiger partial charge in [-0.2, -0.15) is 0 Å². The number of halogens is 6. The zero-order valence-electron chi connectivity index (χ0n) is 15.4. The van der Waals surface area contributed by atoms with Gasteiger partial charge in [-0.15, -0.1) is 0 Å². The molecule has 2 atom stereocenters. The van der Waals surface area contributed by atoms with Gasteiger partial charge in [0.05, 0.1) is 12.1 Å². The molecular weight excluding hydrogens is 618 g/mol. The molecule has 2 aromatic carbocycles. The van der Waals surface area contributed by atoms with E-state index in [-0.39, 0.29) is 59.0 Å². The van der Waals surface area contributed by atoms with Gasteiger partial charge in [0.15, 0.2) is 23.1 Å². The molecule has 2 aromatic rings. The van der Waals surface area contributed by atoms with Crippen molar-refractivity contribution in [3.8, 4) is 11.5 Å². The number of likely N-dealkylation sites (N-methyl/N-ethyl adjacent to an activating group) is 2. The molecule has 0 heterocycles. The van der Waals surface area contributed by atoms with Crippen LogP contribution in [0.25, 0.3) is 0 Å². The molecule has 4 nitrogen and oxygen atoms in total. The minimum absolute atomic E-state index is 0. The average Bonchev–Trinajstić information content (AvgIpc) is 2.60. The number of hydrogen-bond acceptors (Lipinski definition) is 4. The fraction of sp³-hybridized carbons (Fsp3) is 0.333. The van der Waals surface area contributed by atoms with Crippen LogP contribution in [0.15, 0.2) is 24.3 Å². The molecule has 2 rings (SSSR count). The monoisotopic (exact) mass is 637 g/mol. The van der Waals surface area contributed by atoms with Gasteiger partial charge < -0.3 is 45.7 Å². The molecule has 0 aliphatic carbocycles. The van der Waals surface area contributed by atoms with Crippen LogP contribution in [0.4, 0.5) is 17.6 Å². The van der Waals surface area contributed by atoms with Gasteiger partial charge in [-0.05, 0) is 37.4 Å². The van der Waals surface area contributed by atoms with Crippen molar-refractivity contribution in [3.63, 3.8) is 0 Å². The van der Waals surface area contributed by atoms with E-state index in [2.05, 4.69) is 10.6 Å². The van der Waals surface area contributed by atoms with Crippen LogP contribution in [-0.2, 0) is 21.1 Å². The Kier molecular flexibility index (Phi) is 13.8. The van der Waals surface area contributed by atoms with Gasteiger partial charge in [0.25, 0.3) is 0 Å². The third kappa shape index (κ3) is 6.46. The Balaban J connectivity index is 0. The topological polar surface area (TPSA) is 64.5 Å². The number of rotatable bonds is 7. The molecule has 4 N–H and O–H groups in total. The van der Waals surface area contributed by atoms with Crippen molar-refractivity contribution < 1.29 is 73.7 Å². The van der Waals surface area contributed by atoms with E-state index >= 15 is 0 Å². The Morgan fingerprint density at radius 3 is 1.31 bits per heavy atom. The smallest absolute Gasteiger partial charge is 1.00 e. The minimum Gasteiger partial charge on any atom is -1.00 e. The maximum Gasteiger partial charge on any atom is 2.00 e. The number of benzene rings is 2. The van der Waals surface area contributed by atoms with Crippen LogP contribution in [0.2, 0.25) is 0 Å². The molecule has 0 aliphatic rings. The summed E-state index contributed by atoms with van der Waals surface area (Å²) >= 11 is 0. The van der Waals surface area contributed by atoms with Gasteiger partial charge in [0.1, 0.15) is 11.6 Å². The van der Waals surface area contributed by atoms with Crippen LogP contribution in [0.3, 0.4) is 0 Å². The standard InChI is InChI=1S/C18H20F4N2O2.2ClH.Pt/c1-3-23-17(13-9(19)5-7-11(25)15(13)21)18(24-4-2)14-10(20)6-8-12(26)16(14)22;;;/h5-8,17-18,23-26H,3-4H2,1-2H3;2*1H;/q;;;+2/p-2. The van der Waals surface area contributed by atoms with Crippen molar-refractivity contribution in [3.05, 3.63) is 58.7 Å². The second-order valence-electron chi connectivity index (χ2n) is 5.66. The van der Waals surface area contributed by atoms with E-state index in [0.29, 0.717) is 0 Å². The molecule has 0 saturated carbocycles. The van der Waals surface area contributed by atoms with Crippen molar-refractivity contribution in [1.82, 2.24) is 10.6 Å². The van der Waals surface area contributed by atoms with E-state index in [4.69, 9.17) is 0 Å². The summed E-state index contributed by atoms with van der Waals surface area (Å²) in [6, 6.07) is 0.951. The summed E-state index contributed by atoms with van der Waals surface area (Å²) in [7, 11) is 0. The van der Waals surface area contributed by atoms with Crippen LogP contribution < -0.4 is 35.4 Å². The third-order valence-electron chi connectivity index (χ3n) is 4.02. The molecule has 0 spiro atoms. The molecule has 0 saturated heterocycles. The largest absolute Gasteiger partial charge is 2.00 e. The third-order valence-corrected chi connectivity index (χ3v) is 4.02. The molecular formula is C18H20Cl2F4N2O2Pt. The van der Waals surface area contributed by atoms with Crippen molar-refractivity contribution in [1.29, 1.82) is 0 Å². The summed E-state index contributed by atoms with van der Waals surface area (Å²) in [6.07, 6.45) is 0. The van der Waals surface area contributed by atoms with E-state index in [1.54, 1.807) is 13.8 Å². The maximum absolute atomic E-state index is 14.4. The second kappa shape index (κ2) is 13.3. The first kappa shape index (κ1) is 30.1. The summed E-state index contributed by atoms with van der Waals surface area (Å²) < 4.78 is 57.6. The van der Waals surface area contributed by atoms with Crippen LogP contribution in [0, 0.1) is 23.3 Å². The van der Waals surface area contributed by atoms with Crippen molar-refractivity contribution in [2.24, 2.45) is 0 Å². The molecule has 0 fully saturated rings. The summed E-state index contributed by atoms with van der Waals surface area (Å²) in [5.74, 6) is -5.96. The number of phenolic OH excluding ortho intramolecular Hbond substituents is 2. The van der Waals surface area contributed by atoms with Crippen LogP contribution in [0.1, 0.15) is 37.1 Å². The Hall–Kier alpha value is -1.05. The molecule has 2 unspecified atom stereocenters. The van der Waals surface area contributed by atoms with E-state index in [0.717, 1.165) is 24.3 Å². The maximum atomic E-state index is 14.4. The number of nitrogens with one attached hydrogen (secondary N) is 2. The van der Waals surface area contributed by atoms with E-state index < -0.39 is 58.0 Å². The SMILES string of the molecule is CCNC(c1c(F)ccc(O)c1F)C(NCC)c1c(F)ccc(O)c1F.[Cl-].[Cl-].[Pt+2]. The Bertz CT molecular complexity index is 737. The first-order valence-electron chi connectivity index (χ1n) is 8.13. The fourth-order valence-corrected chi connectivity index (χ4v) is 2.90. The van der Waals surface area contributed by atoms with Crippen LogP contribution in [0.5, 0.6) is 11.5 Å². The van der Waals surface area contributed by atoms with Crippen LogP contribution in [-0.4, -0.2) is 23.3 Å². The summed E-state index contributed by atoms with van der Waals surface area (Å²) in [6.45, 7) is 3.76. The number of phenols is 2. The Labute approximate surface area is 193 Å². The molecule has 0 amide bonds. The fourth-order valence-electron chi connectivity index (χ4n) is 2.90. The summed E-state index contributed by atoms with van der Waals surface area (Å²) in [5.41, 5.74) is -1.11. The van der Waals surface area contributed by atoms with Gasteiger partial charge >= 0.3 is 21.1 Å². The number of hydrogen-bond donors (Lipinski definition) is 4. The molecule has 0 aromatic heterocycles. The van der Waals surface area contributed by atoms with E-state index in [1.807, 2.05) is 0 Å². The molecule has 29 heavy (non-hydrogen) atoms. The van der Waals surface area contributed by atoms with Crippen molar-refractivity contribution >= 4 is 0 Å². The first-order valence-corrected chi connectivity index (χ1v) is 8.13. The van der Waals surface area contributed by atoms with Crippen molar-refractivity contribution in [2.45, 2.75) is 25.9 Å². The average molecular weight is 638 g/mol.